The lowest BCUT2D eigenvalue weighted by molar-refractivity contribution is -0.113. The number of thioether (sulfide) groups is 1. The van der Waals surface area contributed by atoms with Crippen LogP contribution < -0.4 is 5.32 Å². The fraction of sp³-hybridized carbons (Fsp3) is 0.188. The standard InChI is InChI=1S/C16H14FN3OS2/c1-9-10(2)23-16-14(9)15(18-8-19-16)22-7-13(21)20-12-6-4-3-5-11(12)17/h3-6,8H,7H2,1-2H3,(H,20,21). The maximum atomic E-state index is 13.5. The van der Waals surface area contributed by atoms with Crippen molar-refractivity contribution in [1.82, 2.24) is 9.97 Å². The third-order valence-corrected chi connectivity index (χ3v) is 5.52. The number of nitrogens with zero attached hydrogens (tertiary/aromatic N) is 2. The normalized spacial score (nSPS) is 10.9. The third kappa shape index (κ3) is 3.35. The Morgan fingerprint density at radius 1 is 1.30 bits per heavy atom. The average molecular weight is 347 g/mol. The monoisotopic (exact) mass is 347 g/mol. The van der Waals surface area contributed by atoms with Gasteiger partial charge in [-0.2, -0.15) is 0 Å². The number of aromatic nitrogens is 2. The molecule has 0 aliphatic heterocycles. The molecule has 0 fully saturated rings. The average Bonchev–Trinajstić information content (AvgIpc) is 2.83. The van der Waals surface area contributed by atoms with Gasteiger partial charge in [-0.25, -0.2) is 14.4 Å². The molecule has 0 radical (unpaired) electrons. The van der Waals surface area contributed by atoms with Gasteiger partial charge in [-0.3, -0.25) is 4.79 Å². The highest BCUT2D eigenvalue weighted by atomic mass is 32.2. The van der Waals surface area contributed by atoms with Gasteiger partial charge in [0, 0.05) is 10.3 Å². The Morgan fingerprint density at radius 3 is 2.87 bits per heavy atom. The van der Waals surface area contributed by atoms with E-state index in [0.717, 1.165) is 20.8 Å². The smallest absolute Gasteiger partial charge is 0.234 e. The molecule has 0 aliphatic carbocycles. The number of hydrogen-bond acceptors (Lipinski definition) is 5. The molecule has 0 atom stereocenters. The van der Waals surface area contributed by atoms with Crippen molar-refractivity contribution in [3.8, 4) is 0 Å². The highest BCUT2D eigenvalue weighted by Gasteiger charge is 2.14. The molecule has 0 unspecified atom stereocenters. The van der Waals surface area contributed by atoms with Crippen molar-refractivity contribution in [2.24, 2.45) is 0 Å². The second-order valence-corrected chi connectivity index (χ2v) is 7.13. The molecule has 23 heavy (non-hydrogen) atoms. The molecule has 0 aliphatic rings. The van der Waals surface area contributed by atoms with Crippen LogP contribution in [0.4, 0.5) is 10.1 Å². The molecule has 118 valence electrons. The molecule has 0 saturated carbocycles. The Morgan fingerprint density at radius 2 is 2.09 bits per heavy atom. The van der Waals surface area contributed by atoms with Gasteiger partial charge >= 0.3 is 0 Å². The molecule has 0 saturated heterocycles. The van der Waals surface area contributed by atoms with E-state index in [1.807, 2.05) is 13.8 Å². The van der Waals surface area contributed by atoms with E-state index in [-0.39, 0.29) is 17.3 Å². The Hall–Kier alpha value is -1.99. The molecule has 2 heterocycles. The zero-order valence-electron chi connectivity index (χ0n) is 12.6. The van der Waals surface area contributed by atoms with Gasteiger partial charge in [0.2, 0.25) is 5.91 Å². The number of thiophene rings is 1. The largest absolute Gasteiger partial charge is 0.323 e. The molecule has 1 N–H and O–H groups in total. The van der Waals surface area contributed by atoms with E-state index in [0.29, 0.717) is 0 Å². The van der Waals surface area contributed by atoms with Crippen molar-refractivity contribution in [1.29, 1.82) is 0 Å². The van der Waals surface area contributed by atoms with Crippen molar-refractivity contribution in [3.63, 3.8) is 0 Å². The van der Waals surface area contributed by atoms with Crippen LogP contribution in [0, 0.1) is 19.7 Å². The summed E-state index contributed by atoms with van der Waals surface area (Å²) in [5.41, 5.74) is 1.33. The summed E-state index contributed by atoms with van der Waals surface area (Å²) in [6, 6.07) is 6.11. The topological polar surface area (TPSA) is 54.9 Å². The minimum atomic E-state index is -0.445. The van der Waals surface area contributed by atoms with Crippen LogP contribution in [0.5, 0.6) is 0 Å². The minimum absolute atomic E-state index is 0.161. The van der Waals surface area contributed by atoms with Crippen molar-refractivity contribution in [3.05, 3.63) is 46.9 Å². The van der Waals surface area contributed by atoms with E-state index in [9.17, 15) is 9.18 Å². The second kappa shape index (κ2) is 6.64. The van der Waals surface area contributed by atoms with E-state index >= 15 is 0 Å². The summed E-state index contributed by atoms with van der Waals surface area (Å²) < 4.78 is 13.5. The van der Waals surface area contributed by atoms with Crippen LogP contribution in [0.15, 0.2) is 35.6 Å². The van der Waals surface area contributed by atoms with Crippen molar-refractivity contribution in [2.75, 3.05) is 11.1 Å². The first kappa shape index (κ1) is 15.9. The first-order chi connectivity index (χ1) is 11.1. The summed E-state index contributed by atoms with van der Waals surface area (Å²) in [4.78, 5) is 22.7. The van der Waals surface area contributed by atoms with Gasteiger partial charge in [-0.1, -0.05) is 23.9 Å². The molecule has 0 spiro atoms. The quantitative estimate of drug-likeness (QED) is 0.568. The summed E-state index contributed by atoms with van der Waals surface area (Å²) in [6.45, 7) is 4.07. The number of para-hydroxylation sites is 1. The number of halogens is 1. The van der Waals surface area contributed by atoms with Crippen LogP contribution in [0.3, 0.4) is 0 Å². The van der Waals surface area contributed by atoms with Crippen LogP contribution in [-0.2, 0) is 4.79 Å². The molecule has 2 aromatic heterocycles. The van der Waals surface area contributed by atoms with Crippen molar-refractivity contribution < 1.29 is 9.18 Å². The van der Waals surface area contributed by atoms with Gasteiger partial charge in [-0.05, 0) is 31.5 Å². The van der Waals surface area contributed by atoms with E-state index in [4.69, 9.17) is 0 Å². The van der Waals surface area contributed by atoms with Crippen LogP contribution in [-0.4, -0.2) is 21.6 Å². The van der Waals surface area contributed by atoms with Crippen molar-refractivity contribution >= 4 is 44.9 Å². The maximum Gasteiger partial charge on any atom is 0.234 e. The lowest BCUT2D eigenvalue weighted by Crippen LogP contribution is -2.15. The fourth-order valence-electron chi connectivity index (χ4n) is 2.14. The number of benzene rings is 1. The van der Waals surface area contributed by atoms with Gasteiger partial charge < -0.3 is 5.32 Å². The number of nitrogens with one attached hydrogen (secondary N) is 1. The Labute approximate surface area is 141 Å². The number of amides is 1. The predicted molar refractivity (Wildman–Crippen MR) is 92.6 cm³/mol. The highest BCUT2D eigenvalue weighted by molar-refractivity contribution is 8.00. The number of carbonyl (C=O) groups excluding carboxylic acids is 1. The van der Waals surface area contributed by atoms with E-state index in [2.05, 4.69) is 15.3 Å². The number of aryl methyl sites for hydroxylation is 2. The molecular formula is C16H14FN3OS2. The summed E-state index contributed by atoms with van der Waals surface area (Å²) >= 11 is 2.95. The lowest BCUT2D eigenvalue weighted by Gasteiger charge is -2.06. The van der Waals surface area contributed by atoms with E-state index in [1.165, 1.54) is 35.1 Å². The van der Waals surface area contributed by atoms with E-state index < -0.39 is 5.82 Å². The van der Waals surface area contributed by atoms with Gasteiger partial charge in [0.05, 0.1) is 11.4 Å². The molecule has 4 nitrogen and oxygen atoms in total. The second-order valence-electron chi connectivity index (χ2n) is 4.96. The van der Waals surface area contributed by atoms with Gasteiger partial charge in [-0.15, -0.1) is 11.3 Å². The number of anilines is 1. The number of rotatable bonds is 4. The first-order valence-electron chi connectivity index (χ1n) is 6.94. The Bertz CT molecular complexity index is 879. The number of hydrogen-bond donors (Lipinski definition) is 1. The highest BCUT2D eigenvalue weighted by Crippen LogP contribution is 2.34. The molecule has 7 heteroatoms. The van der Waals surface area contributed by atoms with Crippen molar-refractivity contribution in [2.45, 2.75) is 18.9 Å². The minimum Gasteiger partial charge on any atom is -0.323 e. The van der Waals surface area contributed by atoms with Crippen LogP contribution in [0.1, 0.15) is 10.4 Å². The maximum absolute atomic E-state index is 13.5. The third-order valence-electron chi connectivity index (χ3n) is 3.42. The van der Waals surface area contributed by atoms with Crippen LogP contribution >= 0.6 is 23.1 Å². The van der Waals surface area contributed by atoms with Gasteiger partial charge in [0.15, 0.2) is 0 Å². The van der Waals surface area contributed by atoms with Gasteiger partial charge in [0.1, 0.15) is 22.0 Å². The number of fused-ring (bicyclic) bond motifs is 1. The molecular weight excluding hydrogens is 333 g/mol. The first-order valence-corrected chi connectivity index (χ1v) is 8.74. The Balaban J connectivity index is 1.74. The predicted octanol–water partition coefficient (Wildman–Crippen LogP) is 4.18. The fourth-order valence-corrected chi connectivity index (χ4v) is 4.06. The van der Waals surface area contributed by atoms with Gasteiger partial charge in [0.25, 0.3) is 0 Å². The molecule has 1 amide bonds. The Kier molecular flexibility index (Phi) is 4.58. The summed E-state index contributed by atoms with van der Waals surface area (Å²) in [7, 11) is 0. The lowest BCUT2D eigenvalue weighted by atomic mass is 10.2. The summed E-state index contributed by atoms with van der Waals surface area (Å²) in [5, 5.41) is 4.35. The van der Waals surface area contributed by atoms with Crippen LogP contribution in [0.25, 0.3) is 10.2 Å². The van der Waals surface area contributed by atoms with E-state index in [1.54, 1.807) is 23.5 Å². The SMILES string of the molecule is Cc1sc2ncnc(SCC(=O)Nc3ccccc3F)c2c1C. The van der Waals surface area contributed by atoms with Crippen LogP contribution in [0.2, 0.25) is 0 Å². The zero-order valence-corrected chi connectivity index (χ0v) is 14.2. The number of carbonyl (C=O) groups is 1. The molecule has 3 rings (SSSR count). The molecule has 3 aromatic rings. The molecule has 1 aromatic carbocycles. The summed E-state index contributed by atoms with van der Waals surface area (Å²) in [5.74, 6) is -0.551. The summed E-state index contributed by atoms with van der Waals surface area (Å²) in [6.07, 6.45) is 1.51. The zero-order chi connectivity index (χ0) is 16.4. The molecule has 0 bridgehead atoms.